The fourth-order valence-corrected chi connectivity index (χ4v) is 2.85. The lowest BCUT2D eigenvalue weighted by Gasteiger charge is -2.09. The van der Waals surface area contributed by atoms with Crippen molar-refractivity contribution in [2.45, 2.75) is 20.5 Å². The molecule has 6 heteroatoms. The summed E-state index contributed by atoms with van der Waals surface area (Å²) in [7, 11) is 0. The molecule has 0 fully saturated rings. The molecule has 29 heavy (non-hydrogen) atoms. The van der Waals surface area contributed by atoms with E-state index in [4.69, 9.17) is 4.74 Å². The number of carbonyl (C=O) groups is 1. The Kier molecular flexibility index (Phi) is 7.03. The summed E-state index contributed by atoms with van der Waals surface area (Å²) in [5, 5.41) is 6.77. The zero-order chi connectivity index (χ0) is 20.6. The SMILES string of the molecule is Cc1ccc(COc2ccccc2/C=N/NC(=O)Nc2ccc(Br)c(C)c2)cc1. The summed E-state index contributed by atoms with van der Waals surface area (Å²) >= 11 is 3.44. The number of amides is 2. The first kappa shape index (κ1) is 20.6. The Bertz CT molecular complexity index is 1020. The number of halogens is 1. The number of urea groups is 1. The fourth-order valence-electron chi connectivity index (χ4n) is 2.61. The maximum Gasteiger partial charge on any atom is 0.339 e. The van der Waals surface area contributed by atoms with Crippen LogP contribution in [-0.4, -0.2) is 12.2 Å². The molecule has 3 aromatic rings. The number of anilines is 1. The van der Waals surface area contributed by atoms with Crippen molar-refractivity contribution in [3.05, 3.63) is 93.5 Å². The van der Waals surface area contributed by atoms with Gasteiger partial charge < -0.3 is 10.1 Å². The lowest BCUT2D eigenvalue weighted by atomic mass is 10.1. The molecule has 2 N–H and O–H groups in total. The largest absolute Gasteiger partial charge is 0.488 e. The molecule has 0 saturated heterocycles. The molecule has 0 aliphatic carbocycles. The zero-order valence-corrected chi connectivity index (χ0v) is 17.9. The van der Waals surface area contributed by atoms with E-state index < -0.39 is 6.03 Å². The maximum atomic E-state index is 12.0. The van der Waals surface area contributed by atoms with Gasteiger partial charge in [-0.15, -0.1) is 0 Å². The van der Waals surface area contributed by atoms with Crippen LogP contribution >= 0.6 is 15.9 Å². The quantitative estimate of drug-likeness (QED) is 0.367. The summed E-state index contributed by atoms with van der Waals surface area (Å²) in [6.45, 7) is 4.47. The average Bonchev–Trinajstić information content (AvgIpc) is 2.71. The van der Waals surface area contributed by atoms with E-state index in [0.29, 0.717) is 18.0 Å². The minimum Gasteiger partial charge on any atom is -0.488 e. The number of hydrazone groups is 1. The Morgan fingerprint density at radius 1 is 1.07 bits per heavy atom. The molecular formula is C23H22BrN3O2. The van der Waals surface area contributed by atoms with Crippen molar-refractivity contribution < 1.29 is 9.53 Å². The molecule has 0 aliphatic rings. The summed E-state index contributed by atoms with van der Waals surface area (Å²) in [5.41, 5.74) is 7.28. The molecule has 0 bridgehead atoms. The second kappa shape index (κ2) is 9.89. The maximum absolute atomic E-state index is 12.0. The lowest BCUT2D eigenvalue weighted by molar-refractivity contribution is 0.252. The van der Waals surface area contributed by atoms with E-state index in [9.17, 15) is 4.79 Å². The molecule has 0 unspecified atom stereocenters. The Balaban J connectivity index is 1.57. The van der Waals surface area contributed by atoms with Crippen LogP contribution in [0.25, 0.3) is 0 Å². The molecule has 2 amide bonds. The normalized spacial score (nSPS) is 10.7. The minimum atomic E-state index is -0.416. The number of para-hydroxylation sites is 1. The van der Waals surface area contributed by atoms with E-state index in [2.05, 4.69) is 50.8 Å². The van der Waals surface area contributed by atoms with Gasteiger partial charge in [0.15, 0.2) is 0 Å². The Labute approximate surface area is 178 Å². The van der Waals surface area contributed by atoms with Crippen LogP contribution in [0.2, 0.25) is 0 Å². The molecule has 5 nitrogen and oxygen atoms in total. The van der Waals surface area contributed by atoms with E-state index in [1.54, 1.807) is 6.21 Å². The number of nitrogens with one attached hydrogen (secondary N) is 2. The van der Waals surface area contributed by atoms with Crippen LogP contribution in [0.15, 0.2) is 76.3 Å². The van der Waals surface area contributed by atoms with E-state index in [1.165, 1.54) is 5.56 Å². The highest BCUT2D eigenvalue weighted by atomic mass is 79.9. The van der Waals surface area contributed by atoms with Crippen LogP contribution in [0.3, 0.4) is 0 Å². The highest BCUT2D eigenvalue weighted by Crippen LogP contribution is 2.20. The topological polar surface area (TPSA) is 62.7 Å². The van der Waals surface area contributed by atoms with Crippen molar-refractivity contribution in [2.24, 2.45) is 5.10 Å². The van der Waals surface area contributed by atoms with Gasteiger partial charge in [-0.25, -0.2) is 10.2 Å². The van der Waals surface area contributed by atoms with Crippen LogP contribution in [0.4, 0.5) is 10.5 Å². The minimum absolute atomic E-state index is 0.416. The van der Waals surface area contributed by atoms with E-state index in [0.717, 1.165) is 21.2 Å². The van der Waals surface area contributed by atoms with Crippen molar-refractivity contribution >= 4 is 33.9 Å². The van der Waals surface area contributed by atoms with Crippen LogP contribution in [0, 0.1) is 13.8 Å². The van der Waals surface area contributed by atoms with Gasteiger partial charge in [0.25, 0.3) is 0 Å². The molecule has 0 aliphatic heterocycles. The molecular weight excluding hydrogens is 430 g/mol. The van der Waals surface area contributed by atoms with Gasteiger partial charge in [0, 0.05) is 15.7 Å². The van der Waals surface area contributed by atoms with Crippen LogP contribution in [0.1, 0.15) is 22.3 Å². The highest BCUT2D eigenvalue weighted by molar-refractivity contribution is 9.10. The number of nitrogens with zero attached hydrogens (tertiary/aromatic N) is 1. The summed E-state index contributed by atoms with van der Waals surface area (Å²) in [4.78, 5) is 12.0. The van der Waals surface area contributed by atoms with Gasteiger partial charge in [0.05, 0.1) is 6.21 Å². The second-order valence-corrected chi connectivity index (χ2v) is 7.45. The van der Waals surface area contributed by atoms with Crippen molar-refractivity contribution in [1.29, 1.82) is 0 Å². The smallest absolute Gasteiger partial charge is 0.339 e. The number of aryl methyl sites for hydroxylation is 2. The second-order valence-electron chi connectivity index (χ2n) is 6.60. The highest BCUT2D eigenvalue weighted by Gasteiger charge is 2.04. The van der Waals surface area contributed by atoms with Gasteiger partial charge in [-0.05, 0) is 55.3 Å². The Morgan fingerprint density at radius 2 is 1.83 bits per heavy atom. The first-order chi connectivity index (χ1) is 14.0. The van der Waals surface area contributed by atoms with Gasteiger partial charge in [0.1, 0.15) is 12.4 Å². The molecule has 3 rings (SSSR count). The number of hydrogen-bond acceptors (Lipinski definition) is 3. The predicted molar refractivity (Wildman–Crippen MR) is 121 cm³/mol. The summed E-state index contributed by atoms with van der Waals surface area (Å²) in [5.74, 6) is 0.697. The number of hydrogen-bond donors (Lipinski definition) is 2. The standard InChI is InChI=1S/C23H22BrN3O2/c1-16-7-9-18(10-8-16)15-29-22-6-4-3-5-19(22)14-25-27-23(28)26-20-11-12-21(24)17(2)13-20/h3-14H,15H2,1-2H3,(H2,26,27,28)/b25-14+. The van der Waals surface area contributed by atoms with Crippen molar-refractivity contribution in [3.8, 4) is 5.75 Å². The fraction of sp³-hybridized carbons (Fsp3) is 0.130. The summed E-state index contributed by atoms with van der Waals surface area (Å²) < 4.78 is 6.91. The number of benzene rings is 3. The van der Waals surface area contributed by atoms with Gasteiger partial charge in [-0.1, -0.05) is 57.9 Å². The summed E-state index contributed by atoms with van der Waals surface area (Å²) in [6.07, 6.45) is 1.57. The summed E-state index contributed by atoms with van der Waals surface area (Å²) in [6, 6.07) is 20.9. The molecule has 3 aromatic carbocycles. The number of rotatable bonds is 6. The van der Waals surface area contributed by atoms with Crippen molar-refractivity contribution in [1.82, 2.24) is 5.43 Å². The first-order valence-electron chi connectivity index (χ1n) is 9.15. The van der Waals surface area contributed by atoms with Gasteiger partial charge in [-0.3, -0.25) is 0 Å². The molecule has 0 aromatic heterocycles. The molecule has 148 valence electrons. The van der Waals surface area contributed by atoms with Gasteiger partial charge in [0.2, 0.25) is 0 Å². The average molecular weight is 452 g/mol. The molecule has 0 spiro atoms. The van der Waals surface area contributed by atoms with E-state index in [-0.39, 0.29) is 0 Å². The Hall–Kier alpha value is -3.12. The van der Waals surface area contributed by atoms with Crippen LogP contribution in [0.5, 0.6) is 5.75 Å². The third kappa shape index (κ3) is 6.19. The van der Waals surface area contributed by atoms with Crippen LogP contribution in [-0.2, 0) is 6.61 Å². The molecule has 0 atom stereocenters. The van der Waals surface area contributed by atoms with Crippen molar-refractivity contribution in [3.63, 3.8) is 0 Å². The lowest BCUT2D eigenvalue weighted by Crippen LogP contribution is -2.24. The van der Waals surface area contributed by atoms with Gasteiger partial charge >= 0.3 is 6.03 Å². The van der Waals surface area contributed by atoms with Crippen molar-refractivity contribution in [2.75, 3.05) is 5.32 Å². The number of ether oxygens (including phenoxy) is 1. The monoisotopic (exact) mass is 451 g/mol. The van der Waals surface area contributed by atoms with E-state index in [1.807, 2.05) is 61.5 Å². The van der Waals surface area contributed by atoms with E-state index >= 15 is 0 Å². The van der Waals surface area contributed by atoms with Gasteiger partial charge in [-0.2, -0.15) is 5.10 Å². The predicted octanol–water partition coefficient (Wildman–Crippen LogP) is 5.80. The van der Waals surface area contributed by atoms with Crippen LogP contribution < -0.4 is 15.5 Å². The number of carbonyl (C=O) groups excluding carboxylic acids is 1. The molecule has 0 heterocycles. The third-order valence-corrected chi connectivity index (χ3v) is 5.11. The third-order valence-electron chi connectivity index (χ3n) is 4.22. The zero-order valence-electron chi connectivity index (χ0n) is 16.3. The molecule has 0 radical (unpaired) electrons. The Morgan fingerprint density at radius 3 is 2.59 bits per heavy atom. The first-order valence-corrected chi connectivity index (χ1v) is 9.94. The molecule has 0 saturated carbocycles.